The second-order valence-electron chi connectivity index (χ2n) is 7.29. The molecule has 0 atom stereocenters. The standard InChI is InChI=1S/C25H22ClN3O2/c1-18-9-11-19(12-10-18)15-29-16-22(14-27-29)28-25(30)21-6-4-5-20(13-21)17-31-24-8-3-2-7-23(24)26/h2-14,16H,15,17H2,1H3,(H,28,30). The molecule has 1 aromatic heterocycles. The molecule has 156 valence electrons. The van der Waals surface area contributed by atoms with Crippen molar-refractivity contribution in [3.8, 4) is 5.75 Å². The number of amides is 1. The van der Waals surface area contributed by atoms with Crippen LogP contribution in [0.1, 0.15) is 27.0 Å². The molecule has 1 N–H and O–H groups in total. The molecule has 0 bridgehead atoms. The van der Waals surface area contributed by atoms with Crippen LogP contribution >= 0.6 is 11.6 Å². The first kappa shape index (κ1) is 20.7. The molecule has 4 aromatic rings. The van der Waals surface area contributed by atoms with Crippen molar-refractivity contribution in [3.63, 3.8) is 0 Å². The highest BCUT2D eigenvalue weighted by molar-refractivity contribution is 6.32. The van der Waals surface area contributed by atoms with E-state index in [9.17, 15) is 4.79 Å². The summed E-state index contributed by atoms with van der Waals surface area (Å²) in [7, 11) is 0. The van der Waals surface area contributed by atoms with Gasteiger partial charge in [0, 0.05) is 11.8 Å². The molecule has 0 saturated heterocycles. The van der Waals surface area contributed by atoms with E-state index in [1.807, 2.05) is 42.6 Å². The van der Waals surface area contributed by atoms with Crippen LogP contribution in [0.15, 0.2) is 85.2 Å². The fourth-order valence-corrected chi connectivity index (χ4v) is 3.31. The molecule has 1 heterocycles. The number of hydrogen-bond acceptors (Lipinski definition) is 3. The Balaban J connectivity index is 1.37. The van der Waals surface area contributed by atoms with E-state index in [1.165, 1.54) is 5.56 Å². The minimum Gasteiger partial charge on any atom is -0.487 e. The van der Waals surface area contributed by atoms with Crippen molar-refractivity contribution < 1.29 is 9.53 Å². The normalized spacial score (nSPS) is 10.6. The second-order valence-corrected chi connectivity index (χ2v) is 7.69. The summed E-state index contributed by atoms with van der Waals surface area (Å²) in [4.78, 5) is 12.7. The zero-order valence-corrected chi connectivity index (χ0v) is 17.8. The Labute approximate surface area is 186 Å². The summed E-state index contributed by atoms with van der Waals surface area (Å²) in [6, 6.07) is 22.9. The summed E-state index contributed by atoms with van der Waals surface area (Å²) in [5, 5.41) is 7.79. The number of nitrogens with zero attached hydrogens (tertiary/aromatic N) is 2. The smallest absolute Gasteiger partial charge is 0.255 e. The summed E-state index contributed by atoms with van der Waals surface area (Å²) in [6.45, 7) is 3.02. The number of aromatic nitrogens is 2. The number of aryl methyl sites for hydroxylation is 1. The van der Waals surface area contributed by atoms with Gasteiger partial charge in [-0.15, -0.1) is 0 Å². The van der Waals surface area contributed by atoms with Crippen LogP contribution in [0.25, 0.3) is 0 Å². The number of benzene rings is 3. The van der Waals surface area contributed by atoms with Gasteiger partial charge in [0.2, 0.25) is 0 Å². The minimum absolute atomic E-state index is 0.200. The predicted octanol–water partition coefficient (Wildman–Crippen LogP) is 5.72. The molecule has 0 unspecified atom stereocenters. The van der Waals surface area contributed by atoms with Gasteiger partial charge < -0.3 is 10.1 Å². The van der Waals surface area contributed by atoms with Crippen LogP contribution < -0.4 is 10.1 Å². The zero-order chi connectivity index (χ0) is 21.6. The van der Waals surface area contributed by atoms with E-state index in [2.05, 4.69) is 41.6 Å². The van der Waals surface area contributed by atoms with E-state index in [1.54, 1.807) is 23.0 Å². The summed E-state index contributed by atoms with van der Waals surface area (Å²) in [6.07, 6.45) is 3.47. The summed E-state index contributed by atoms with van der Waals surface area (Å²) in [5.41, 5.74) is 4.44. The topological polar surface area (TPSA) is 56.2 Å². The Kier molecular flexibility index (Phi) is 6.34. The lowest BCUT2D eigenvalue weighted by Crippen LogP contribution is -2.12. The highest BCUT2D eigenvalue weighted by Gasteiger charge is 2.09. The summed E-state index contributed by atoms with van der Waals surface area (Å²) in [5.74, 6) is 0.412. The molecule has 4 rings (SSSR count). The largest absolute Gasteiger partial charge is 0.487 e. The van der Waals surface area contributed by atoms with E-state index in [0.717, 1.165) is 11.1 Å². The van der Waals surface area contributed by atoms with Gasteiger partial charge in [-0.05, 0) is 42.3 Å². The Morgan fingerprint density at radius 2 is 1.84 bits per heavy atom. The van der Waals surface area contributed by atoms with Crippen LogP contribution in [-0.2, 0) is 13.2 Å². The number of para-hydroxylation sites is 1. The molecule has 0 aliphatic rings. The van der Waals surface area contributed by atoms with Crippen molar-refractivity contribution in [2.45, 2.75) is 20.1 Å². The molecule has 0 spiro atoms. The van der Waals surface area contributed by atoms with Gasteiger partial charge in [0.25, 0.3) is 5.91 Å². The van der Waals surface area contributed by atoms with Crippen molar-refractivity contribution in [1.82, 2.24) is 9.78 Å². The molecule has 0 aliphatic heterocycles. The van der Waals surface area contributed by atoms with Crippen LogP contribution in [0, 0.1) is 6.92 Å². The van der Waals surface area contributed by atoms with Crippen molar-refractivity contribution in [1.29, 1.82) is 0 Å². The molecule has 6 heteroatoms. The molecule has 31 heavy (non-hydrogen) atoms. The lowest BCUT2D eigenvalue weighted by molar-refractivity contribution is 0.102. The van der Waals surface area contributed by atoms with Crippen molar-refractivity contribution in [2.75, 3.05) is 5.32 Å². The van der Waals surface area contributed by atoms with E-state index >= 15 is 0 Å². The number of nitrogens with one attached hydrogen (secondary N) is 1. The Morgan fingerprint density at radius 3 is 2.65 bits per heavy atom. The SMILES string of the molecule is Cc1ccc(Cn2cc(NC(=O)c3cccc(COc4ccccc4Cl)c3)cn2)cc1. The lowest BCUT2D eigenvalue weighted by Gasteiger charge is -2.09. The summed E-state index contributed by atoms with van der Waals surface area (Å²) < 4.78 is 7.57. The number of rotatable bonds is 7. The third kappa shape index (κ3) is 5.53. The third-order valence-electron chi connectivity index (χ3n) is 4.78. The monoisotopic (exact) mass is 431 g/mol. The van der Waals surface area contributed by atoms with E-state index in [0.29, 0.717) is 35.2 Å². The maximum Gasteiger partial charge on any atom is 0.255 e. The molecule has 1 amide bonds. The van der Waals surface area contributed by atoms with Gasteiger partial charge in [-0.2, -0.15) is 5.10 Å². The number of hydrogen-bond donors (Lipinski definition) is 1. The van der Waals surface area contributed by atoms with Gasteiger partial charge in [-0.3, -0.25) is 9.48 Å². The molecule has 3 aromatic carbocycles. The number of anilines is 1. The van der Waals surface area contributed by atoms with E-state index < -0.39 is 0 Å². The van der Waals surface area contributed by atoms with Gasteiger partial charge in [-0.1, -0.05) is 65.7 Å². The van der Waals surface area contributed by atoms with Gasteiger partial charge in [0.05, 0.1) is 23.5 Å². The first-order valence-electron chi connectivity index (χ1n) is 9.92. The number of carbonyl (C=O) groups excluding carboxylic acids is 1. The van der Waals surface area contributed by atoms with Crippen molar-refractivity contribution in [2.24, 2.45) is 0 Å². The molecule has 0 saturated carbocycles. The van der Waals surface area contributed by atoms with Crippen LogP contribution in [0.2, 0.25) is 5.02 Å². The van der Waals surface area contributed by atoms with Crippen molar-refractivity contribution in [3.05, 3.63) is 112 Å². The molecular weight excluding hydrogens is 410 g/mol. The Morgan fingerprint density at radius 1 is 1.03 bits per heavy atom. The highest BCUT2D eigenvalue weighted by atomic mass is 35.5. The first-order valence-corrected chi connectivity index (χ1v) is 10.3. The van der Waals surface area contributed by atoms with Crippen LogP contribution in [0.3, 0.4) is 0 Å². The lowest BCUT2D eigenvalue weighted by atomic mass is 10.1. The first-order chi connectivity index (χ1) is 15.1. The van der Waals surface area contributed by atoms with Crippen molar-refractivity contribution >= 4 is 23.2 Å². The zero-order valence-electron chi connectivity index (χ0n) is 17.1. The molecule has 0 aliphatic carbocycles. The summed E-state index contributed by atoms with van der Waals surface area (Å²) >= 11 is 6.13. The van der Waals surface area contributed by atoms with Gasteiger partial charge >= 0.3 is 0 Å². The van der Waals surface area contributed by atoms with Gasteiger partial charge in [0.15, 0.2) is 0 Å². The molecule has 5 nitrogen and oxygen atoms in total. The van der Waals surface area contributed by atoms with Gasteiger partial charge in [0.1, 0.15) is 12.4 Å². The molecule has 0 fully saturated rings. The molecular formula is C25H22ClN3O2. The Bertz CT molecular complexity index is 1190. The van der Waals surface area contributed by atoms with Crippen LogP contribution in [-0.4, -0.2) is 15.7 Å². The van der Waals surface area contributed by atoms with Crippen LogP contribution in [0.5, 0.6) is 5.75 Å². The predicted molar refractivity (Wildman–Crippen MR) is 123 cm³/mol. The average Bonchev–Trinajstić information content (AvgIpc) is 3.21. The minimum atomic E-state index is -0.200. The third-order valence-corrected chi connectivity index (χ3v) is 5.09. The van der Waals surface area contributed by atoms with E-state index in [4.69, 9.17) is 16.3 Å². The number of ether oxygens (including phenoxy) is 1. The fourth-order valence-electron chi connectivity index (χ4n) is 3.12. The van der Waals surface area contributed by atoms with Crippen LogP contribution in [0.4, 0.5) is 5.69 Å². The number of halogens is 1. The maximum atomic E-state index is 12.7. The highest BCUT2D eigenvalue weighted by Crippen LogP contribution is 2.24. The number of carbonyl (C=O) groups is 1. The average molecular weight is 432 g/mol. The second kappa shape index (κ2) is 9.49. The molecule has 0 radical (unpaired) electrons. The van der Waals surface area contributed by atoms with E-state index in [-0.39, 0.29) is 5.91 Å². The maximum absolute atomic E-state index is 12.7. The van der Waals surface area contributed by atoms with Gasteiger partial charge in [-0.25, -0.2) is 0 Å². The quantitative estimate of drug-likeness (QED) is 0.407. The fraction of sp³-hybridized carbons (Fsp3) is 0.120. The Hall–Kier alpha value is -3.57.